The maximum Gasteiger partial charge on any atom is 0.125 e. The van der Waals surface area contributed by atoms with E-state index in [9.17, 15) is 5.11 Å². The average molecular weight is 193 g/mol. The quantitative estimate of drug-likeness (QED) is 0.773. The first-order chi connectivity index (χ1) is 6.38. The van der Waals surface area contributed by atoms with Crippen molar-refractivity contribution in [3.63, 3.8) is 0 Å². The van der Waals surface area contributed by atoms with Gasteiger partial charge in [0.1, 0.15) is 12.4 Å². The van der Waals surface area contributed by atoms with Crippen LogP contribution in [0, 0.1) is 0 Å². The lowest BCUT2D eigenvalue weighted by Crippen LogP contribution is -2.00. The summed E-state index contributed by atoms with van der Waals surface area (Å²) in [6.45, 7) is 0. The molecule has 0 amide bonds. The van der Waals surface area contributed by atoms with Crippen LogP contribution in [0.4, 0.5) is 0 Å². The molecule has 0 aromatic carbocycles. The number of hydrogen-bond acceptors (Lipinski definition) is 5. The van der Waals surface area contributed by atoms with Gasteiger partial charge in [-0.15, -0.1) is 11.3 Å². The van der Waals surface area contributed by atoms with Gasteiger partial charge in [0.05, 0.1) is 11.2 Å². The van der Waals surface area contributed by atoms with Gasteiger partial charge in [-0.25, -0.2) is 15.0 Å². The second kappa shape index (κ2) is 3.59. The van der Waals surface area contributed by atoms with E-state index < -0.39 is 6.10 Å². The zero-order valence-corrected chi connectivity index (χ0v) is 7.48. The molecule has 1 N–H and O–H groups in total. The Labute approximate surface area is 78.9 Å². The third-order valence-corrected chi connectivity index (χ3v) is 2.23. The van der Waals surface area contributed by atoms with Crippen LogP contribution in [0.1, 0.15) is 17.4 Å². The maximum absolute atomic E-state index is 9.74. The van der Waals surface area contributed by atoms with E-state index in [1.54, 1.807) is 23.3 Å². The number of aliphatic hydroxyl groups excluding tert-OH is 1. The first-order valence-corrected chi connectivity index (χ1v) is 4.63. The van der Waals surface area contributed by atoms with Crippen LogP contribution < -0.4 is 0 Å². The van der Waals surface area contributed by atoms with Crippen molar-refractivity contribution in [2.45, 2.75) is 6.10 Å². The fourth-order valence-corrected chi connectivity index (χ4v) is 1.55. The van der Waals surface area contributed by atoms with Gasteiger partial charge in [-0.2, -0.15) is 0 Å². The van der Waals surface area contributed by atoms with E-state index in [2.05, 4.69) is 15.0 Å². The summed E-state index contributed by atoms with van der Waals surface area (Å²) in [6.07, 6.45) is 3.87. The van der Waals surface area contributed by atoms with Gasteiger partial charge in [-0.05, 0) is 0 Å². The summed E-state index contributed by atoms with van der Waals surface area (Å²) in [4.78, 5) is 11.6. The van der Waals surface area contributed by atoms with Crippen molar-refractivity contribution in [3.05, 3.63) is 40.9 Å². The summed E-state index contributed by atoms with van der Waals surface area (Å²) in [5.74, 6) is 0. The van der Waals surface area contributed by atoms with Gasteiger partial charge in [0.2, 0.25) is 0 Å². The Morgan fingerprint density at radius 2 is 2.08 bits per heavy atom. The Balaban J connectivity index is 2.29. The minimum Gasteiger partial charge on any atom is -0.382 e. The molecule has 13 heavy (non-hydrogen) atoms. The van der Waals surface area contributed by atoms with Gasteiger partial charge in [0.25, 0.3) is 0 Å². The first kappa shape index (κ1) is 8.28. The average Bonchev–Trinajstić information content (AvgIpc) is 2.71. The summed E-state index contributed by atoms with van der Waals surface area (Å²) in [7, 11) is 0. The Hall–Kier alpha value is -1.33. The minimum atomic E-state index is -0.715. The van der Waals surface area contributed by atoms with E-state index in [1.165, 1.54) is 17.7 Å². The van der Waals surface area contributed by atoms with E-state index >= 15 is 0 Å². The number of rotatable bonds is 2. The zero-order chi connectivity index (χ0) is 9.10. The molecule has 2 aromatic rings. The van der Waals surface area contributed by atoms with Gasteiger partial charge in [-0.1, -0.05) is 0 Å². The number of nitrogens with zero attached hydrogens (tertiary/aromatic N) is 3. The van der Waals surface area contributed by atoms with Crippen LogP contribution in [0.5, 0.6) is 0 Å². The Morgan fingerprint density at radius 3 is 2.69 bits per heavy atom. The van der Waals surface area contributed by atoms with Crippen LogP contribution in [0.15, 0.2) is 29.6 Å². The molecule has 5 heteroatoms. The lowest BCUT2D eigenvalue weighted by Gasteiger charge is -2.05. The van der Waals surface area contributed by atoms with Crippen molar-refractivity contribution in [2.24, 2.45) is 0 Å². The Bertz CT molecular complexity index is 362. The highest BCUT2D eigenvalue weighted by molar-refractivity contribution is 7.07. The third kappa shape index (κ3) is 1.71. The van der Waals surface area contributed by atoms with Crippen molar-refractivity contribution < 1.29 is 5.11 Å². The molecule has 4 nitrogen and oxygen atoms in total. The van der Waals surface area contributed by atoms with Crippen molar-refractivity contribution >= 4 is 11.3 Å². The molecule has 0 saturated heterocycles. The SMILES string of the molecule is OC(c1cncnc1)c1cscn1. The van der Waals surface area contributed by atoms with E-state index in [0.29, 0.717) is 11.3 Å². The van der Waals surface area contributed by atoms with E-state index in [1.807, 2.05) is 0 Å². The summed E-state index contributed by atoms with van der Waals surface area (Å²) in [5, 5.41) is 11.5. The summed E-state index contributed by atoms with van der Waals surface area (Å²) in [6, 6.07) is 0. The monoisotopic (exact) mass is 193 g/mol. The molecule has 0 aliphatic heterocycles. The van der Waals surface area contributed by atoms with E-state index in [0.717, 1.165) is 0 Å². The van der Waals surface area contributed by atoms with Crippen LogP contribution in [0.3, 0.4) is 0 Å². The van der Waals surface area contributed by atoms with Gasteiger partial charge >= 0.3 is 0 Å². The molecule has 0 fully saturated rings. The zero-order valence-electron chi connectivity index (χ0n) is 6.66. The lowest BCUT2D eigenvalue weighted by molar-refractivity contribution is 0.215. The van der Waals surface area contributed by atoms with Crippen LogP contribution >= 0.6 is 11.3 Å². The van der Waals surface area contributed by atoms with Gasteiger partial charge in [-0.3, -0.25) is 0 Å². The molecule has 0 bridgehead atoms. The number of thiazole rings is 1. The topological polar surface area (TPSA) is 58.9 Å². The van der Waals surface area contributed by atoms with Crippen LogP contribution in [-0.2, 0) is 0 Å². The minimum absolute atomic E-state index is 0.639. The summed E-state index contributed by atoms with van der Waals surface area (Å²) >= 11 is 1.45. The molecule has 0 aliphatic rings. The van der Waals surface area contributed by atoms with E-state index in [4.69, 9.17) is 0 Å². The van der Waals surface area contributed by atoms with Gasteiger partial charge in [0, 0.05) is 23.3 Å². The standard InChI is InChI=1S/C8H7N3OS/c12-8(7-3-13-5-11-7)6-1-9-4-10-2-6/h1-5,8,12H. The predicted molar refractivity (Wildman–Crippen MR) is 48.2 cm³/mol. The molecule has 0 saturated carbocycles. The summed E-state index contributed by atoms with van der Waals surface area (Å²) < 4.78 is 0. The first-order valence-electron chi connectivity index (χ1n) is 3.69. The summed E-state index contributed by atoms with van der Waals surface area (Å²) in [5.41, 5.74) is 2.98. The van der Waals surface area contributed by atoms with Crippen molar-refractivity contribution in [1.29, 1.82) is 0 Å². The van der Waals surface area contributed by atoms with Crippen molar-refractivity contribution in [2.75, 3.05) is 0 Å². The maximum atomic E-state index is 9.74. The molecule has 0 spiro atoms. The fourth-order valence-electron chi connectivity index (χ4n) is 0.979. The molecule has 2 rings (SSSR count). The fraction of sp³-hybridized carbons (Fsp3) is 0.125. The van der Waals surface area contributed by atoms with Gasteiger partial charge < -0.3 is 5.11 Å². The van der Waals surface area contributed by atoms with Crippen molar-refractivity contribution in [1.82, 2.24) is 15.0 Å². The van der Waals surface area contributed by atoms with Gasteiger partial charge in [0.15, 0.2) is 0 Å². The highest BCUT2D eigenvalue weighted by Crippen LogP contribution is 2.19. The number of aliphatic hydroxyl groups is 1. The normalized spacial score (nSPS) is 12.7. The Morgan fingerprint density at radius 1 is 1.31 bits per heavy atom. The van der Waals surface area contributed by atoms with E-state index in [-0.39, 0.29) is 0 Å². The predicted octanol–water partition coefficient (Wildman–Crippen LogP) is 1.01. The highest BCUT2D eigenvalue weighted by atomic mass is 32.1. The van der Waals surface area contributed by atoms with Crippen LogP contribution in [0.25, 0.3) is 0 Å². The molecule has 66 valence electrons. The Kier molecular flexibility index (Phi) is 2.29. The van der Waals surface area contributed by atoms with Crippen LogP contribution in [-0.4, -0.2) is 20.1 Å². The number of hydrogen-bond donors (Lipinski definition) is 1. The second-order valence-corrected chi connectivity index (χ2v) is 3.21. The molecule has 2 heterocycles. The largest absolute Gasteiger partial charge is 0.382 e. The molecule has 0 radical (unpaired) electrons. The third-order valence-electron chi connectivity index (χ3n) is 1.63. The molecule has 0 aliphatic carbocycles. The molecule has 2 aromatic heterocycles. The smallest absolute Gasteiger partial charge is 0.125 e. The molecule has 1 unspecified atom stereocenters. The molecular formula is C8H7N3OS. The number of aromatic nitrogens is 3. The highest BCUT2D eigenvalue weighted by Gasteiger charge is 2.11. The second-order valence-electron chi connectivity index (χ2n) is 2.49. The van der Waals surface area contributed by atoms with Crippen LogP contribution in [0.2, 0.25) is 0 Å². The molecule has 1 atom stereocenters. The molecular weight excluding hydrogens is 186 g/mol. The van der Waals surface area contributed by atoms with Crippen molar-refractivity contribution in [3.8, 4) is 0 Å². The lowest BCUT2D eigenvalue weighted by atomic mass is 10.1.